The van der Waals surface area contributed by atoms with Gasteiger partial charge >= 0.3 is 0 Å². The van der Waals surface area contributed by atoms with Gasteiger partial charge in [-0.25, -0.2) is 4.68 Å². The molecule has 1 heterocycles. The van der Waals surface area contributed by atoms with Gasteiger partial charge in [0.15, 0.2) is 0 Å². The third kappa shape index (κ3) is 5.33. The number of nitrogens with zero attached hydrogens (tertiary/aromatic N) is 5. The first-order valence-corrected chi connectivity index (χ1v) is 10.1. The van der Waals surface area contributed by atoms with E-state index >= 15 is 0 Å². The number of nitrogens with one attached hydrogen (secondary N) is 1. The minimum atomic E-state index is -0.544. The summed E-state index contributed by atoms with van der Waals surface area (Å²) >= 11 is 0. The second-order valence-corrected chi connectivity index (χ2v) is 7.37. The van der Waals surface area contributed by atoms with Crippen LogP contribution < -0.4 is 10.2 Å². The molecule has 1 unspecified atom stereocenters. The van der Waals surface area contributed by atoms with Gasteiger partial charge in [0.2, 0.25) is 5.91 Å². The van der Waals surface area contributed by atoms with Crippen LogP contribution in [-0.2, 0) is 17.8 Å². The molecule has 3 aromatic carbocycles. The lowest BCUT2D eigenvalue weighted by Gasteiger charge is -2.20. The second-order valence-electron chi connectivity index (χ2n) is 7.37. The van der Waals surface area contributed by atoms with Crippen LogP contribution in [0.2, 0.25) is 0 Å². The van der Waals surface area contributed by atoms with E-state index in [0.717, 1.165) is 23.5 Å². The van der Waals surface area contributed by atoms with Gasteiger partial charge in [0.25, 0.3) is 0 Å². The Bertz CT molecular complexity index is 1080. The van der Waals surface area contributed by atoms with E-state index in [1.165, 1.54) is 16.6 Å². The Kier molecular flexibility index (Phi) is 6.32. The zero-order chi connectivity index (χ0) is 21.5. The van der Waals surface area contributed by atoms with Crippen molar-refractivity contribution in [3.8, 4) is 0 Å². The molecule has 1 N–H and O–H groups in total. The third-order valence-electron chi connectivity index (χ3n) is 5.10. The summed E-state index contributed by atoms with van der Waals surface area (Å²) in [5.41, 5.74) is 4.08. The van der Waals surface area contributed by atoms with Crippen LogP contribution in [-0.4, -0.2) is 33.2 Å². The molecule has 1 amide bonds. The summed E-state index contributed by atoms with van der Waals surface area (Å²) in [5, 5.41) is 14.3. The Labute approximate surface area is 181 Å². The number of hydrogen-bond donors (Lipinski definition) is 1. The van der Waals surface area contributed by atoms with E-state index in [2.05, 4.69) is 37.9 Å². The molecule has 4 aromatic rings. The zero-order valence-electron chi connectivity index (χ0n) is 17.3. The van der Waals surface area contributed by atoms with Gasteiger partial charge in [0, 0.05) is 31.4 Å². The fourth-order valence-corrected chi connectivity index (χ4v) is 3.43. The summed E-state index contributed by atoms with van der Waals surface area (Å²) in [6.07, 6.45) is 1.96. The Morgan fingerprint density at radius 2 is 1.58 bits per heavy atom. The number of benzene rings is 3. The molecule has 0 saturated carbocycles. The summed E-state index contributed by atoms with van der Waals surface area (Å²) in [5.74, 6) is -0.165. The molecule has 7 nitrogen and oxygen atoms in total. The van der Waals surface area contributed by atoms with Gasteiger partial charge in [-0.1, -0.05) is 60.7 Å². The Balaban J connectivity index is 1.43. The van der Waals surface area contributed by atoms with E-state index < -0.39 is 6.04 Å². The summed E-state index contributed by atoms with van der Waals surface area (Å²) in [4.78, 5) is 15.2. The highest BCUT2D eigenvalue weighted by Crippen LogP contribution is 2.21. The van der Waals surface area contributed by atoms with Gasteiger partial charge in [0.1, 0.15) is 12.4 Å². The van der Waals surface area contributed by atoms with Crippen molar-refractivity contribution >= 4 is 17.3 Å². The fraction of sp³-hybridized carbons (Fsp3) is 0.167. The largest absolute Gasteiger partial charge is 0.370 e. The van der Waals surface area contributed by atoms with E-state index in [4.69, 9.17) is 0 Å². The van der Waals surface area contributed by atoms with Crippen LogP contribution in [0.5, 0.6) is 0 Å². The molecule has 0 radical (unpaired) electrons. The van der Waals surface area contributed by atoms with Gasteiger partial charge in [0.05, 0.1) is 0 Å². The molecule has 0 bridgehead atoms. The molecule has 1 aromatic heterocycles. The van der Waals surface area contributed by atoms with Crippen LogP contribution in [0.15, 0.2) is 91.3 Å². The van der Waals surface area contributed by atoms with Crippen LogP contribution in [0.3, 0.4) is 0 Å². The predicted molar refractivity (Wildman–Crippen MR) is 121 cm³/mol. The van der Waals surface area contributed by atoms with Crippen molar-refractivity contribution in [2.45, 2.75) is 19.0 Å². The molecule has 4 rings (SSSR count). The number of amides is 1. The maximum atomic E-state index is 13.0. The average Bonchev–Trinajstić information content (AvgIpc) is 3.34. The number of aromatic nitrogens is 4. The van der Waals surface area contributed by atoms with Crippen molar-refractivity contribution in [2.75, 3.05) is 17.3 Å². The number of anilines is 2. The van der Waals surface area contributed by atoms with E-state index in [1.54, 1.807) is 0 Å². The minimum absolute atomic E-state index is 0.165. The standard InChI is InChI=1S/C24H24N6O/c1-29(17-20-10-6-3-7-11-20)22-14-12-21(13-15-22)26-24(31)23(30-18-25-27-28-30)16-19-8-4-2-5-9-19/h2-15,18,23H,16-17H2,1H3,(H,26,31). The quantitative estimate of drug-likeness (QED) is 0.477. The van der Waals surface area contributed by atoms with Gasteiger partial charge in [-0.05, 0) is 45.8 Å². The van der Waals surface area contributed by atoms with Crippen LogP contribution in [0.4, 0.5) is 11.4 Å². The summed E-state index contributed by atoms with van der Waals surface area (Å²) in [6.45, 7) is 0.811. The molecule has 156 valence electrons. The van der Waals surface area contributed by atoms with E-state index in [1.807, 2.05) is 79.8 Å². The van der Waals surface area contributed by atoms with Crippen LogP contribution >= 0.6 is 0 Å². The van der Waals surface area contributed by atoms with Crippen molar-refractivity contribution in [1.82, 2.24) is 20.2 Å². The molecule has 0 aliphatic rings. The molecular formula is C24H24N6O. The lowest BCUT2D eigenvalue weighted by Crippen LogP contribution is -2.28. The Morgan fingerprint density at radius 3 is 2.19 bits per heavy atom. The highest BCUT2D eigenvalue weighted by atomic mass is 16.2. The van der Waals surface area contributed by atoms with Crippen molar-refractivity contribution < 1.29 is 4.79 Å². The highest BCUT2D eigenvalue weighted by Gasteiger charge is 2.22. The van der Waals surface area contributed by atoms with Crippen molar-refractivity contribution in [1.29, 1.82) is 0 Å². The normalized spacial score (nSPS) is 11.6. The molecule has 0 aliphatic heterocycles. The van der Waals surface area contributed by atoms with Crippen molar-refractivity contribution in [3.63, 3.8) is 0 Å². The number of rotatable bonds is 8. The molecular weight excluding hydrogens is 388 g/mol. The topological polar surface area (TPSA) is 75.9 Å². The Hall–Kier alpha value is -4.00. The van der Waals surface area contributed by atoms with Crippen molar-refractivity contribution in [2.24, 2.45) is 0 Å². The lowest BCUT2D eigenvalue weighted by atomic mass is 10.1. The second kappa shape index (κ2) is 9.67. The maximum Gasteiger partial charge on any atom is 0.249 e. The van der Waals surface area contributed by atoms with E-state index in [9.17, 15) is 4.79 Å². The minimum Gasteiger partial charge on any atom is -0.370 e. The van der Waals surface area contributed by atoms with Gasteiger partial charge < -0.3 is 10.2 Å². The Morgan fingerprint density at radius 1 is 0.935 bits per heavy atom. The number of carbonyl (C=O) groups is 1. The van der Waals surface area contributed by atoms with E-state index in [-0.39, 0.29) is 5.91 Å². The van der Waals surface area contributed by atoms with Gasteiger partial charge in [-0.15, -0.1) is 5.10 Å². The number of tetrazole rings is 1. The maximum absolute atomic E-state index is 13.0. The summed E-state index contributed by atoms with van der Waals surface area (Å²) in [6, 6.07) is 27.4. The first-order valence-electron chi connectivity index (χ1n) is 10.1. The first kappa shape index (κ1) is 20.3. The van der Waals surface area contributed by atoms with Crippen molar-refractivity contribution in [3.05, 3.63) is 102 Å². The molecule has 7 heteroatoms. The number of carbonyl (C=O) groups excluding carboxylic acids is 1. The molecule has 0 fully saturated rings. The van der Waals surface area contributed by atoms with Crippen LogP contribution in [0, 0.1) is 0 Å². The molecule has 0 saturated heterocycles. The monoisotopic (exact) mass is 412 g/mol. The summed E-state index contributed by atoms with van der Waals surface area (Å²) < 4.78 is 1.49. The highest BCUT2D eigenvalue weighted by molar-refractivity contribution is 5.94. The van der Waals surface area contributed by atoms with Gasteiger partial charge in [-0.3, -0.25) is 4.79 Å². The summed E-state index contributed by atoms with van der Waals surface area (Å²) in [7, 11) is 2.05. The number of hydrogen-bond acceptors (Lipinski definition) is 5. The SMILES string of the molecule is CN(Cc1ccccc1)c1ccc(NC(=O)C(Cc2ccccc2)n2cnnn2)cc1. The first-order chi connectivity index (χ1) is 15.2. The van der Waals surface area contributed by atoms with Crippen LogP contribution in [0.25, 0.3) is 0 Å². The third-order valence-corrected chi connectivity index (χ3v) is 5.10. The zero-order valence-corrected chi connectivity index (χ0v) is 17.3. The average molecular weight is 412 g/mol. The predicted octanol–water partition coefficient (Wildman–Crippen LogP) is 3.73. The van der Waals surface area contributed by atoms with Crippen LogP contribution in [0.1, 0.15) is 17.2 Å². The molecule has 31 heavy (non-hydrogen) atoms. The lowest BCUT2D eigenvalue weighted by molar-refractivity contribution is -0.119. The fourth-order valence-electron chi connectivity index (χ4n) is 3.43. The van der Waals surface area contributed by atoms with Gasteiger partial charge in [-0.2, -0.15) is 0 Å². The van der Waals surface area contributed by atoms with E-state index in [0.29, 0.717) is 6.42 Å². The molecule has 0 spiro atoms. The molecule has 1 atom stereocenters. The molecule has 0 aliphatic carbocycles. The smallest absolute Gasteiger partial charge is 0.249 e.